The number of nitrogens with one attached hydrogen (secondary N) is 1. The number of carboxylic acid groups (broad SMARTS) is 1. The number of hydrogen-bond donors (Lipinski definition) is 2. The van der Waals surface area contributed by atoms with Crippen LogP contribution >= 0.6 is 0 Å². The summed E-state index contributed by atoms with van der Waals surface area (Å²) in [7, 11) is 0. The first-order chi connectivity index (χ1) is 10.0. The van der Waals surface area contributed by atoms with Crippen LogP contribution in [0.15, 0.2) is 18.2 Å². The average molecular weight is 297 g/mol. The van der Waals surface area contributed by atoms with Crippen LogP contribution in [0.2, 0.25) is 0 Å². The van der Waals surface area contributed by atoms with Gasteiger partial charge in [-0.15, -0.1) is 0 Å². The number of carboxylic acids is 1. The molecule has 1 atom stereocenters. The van der Waals surface area contributed by atoms with Gasteiger partial charge >= 0.3 is 5.97 Å². The Balaban J connectivity index is 1.76. The molecule has 2 N–H and O–H groups in total. The molecule has 0 aliphatic heterocycles. The zero-order valence-electron chi connectivity index (χ0n) is 11.4. The summed E-state index contributed by atoms with van der Waals surface area (Å²) < 4.78 is 31.8. The first kappa shape index (κ1) is 14.3. The smallest absolute Gasteiger partial charge is 0.327 e. The number of rotatable bonds is 7. The van der Waals surface area contributed by atoms with Crippen molar-refractivity contribution >= 4 is 5.97 Å². The zero-order valence-corrected chi connectivity index (χ0v) is 11.4. The highest BCUT2D eigenvalue weighted by molar-refractivity contribution is 5.80. The molecule has 1 aromatic rings. The lowest BCUT2D eigenvalue weighted by molar-refractivity contribution is -0.147. The number of benzene rings is 1. The number of carbonyl (C=O) groups is 1. The van der Waals surface area contributed by atoms with Crippen molar-refractivity contribution in [2.45, 2.75) is 37.3 Å². The van der Waals surface area contributed by atoms with Gasteiger partial charge in [0.25, 0.3) is 0 Å². The van der Waals surface area contributed by atoms with E-state index in [-0.39, 0.29) is 24.3 Å². The van der Waals surface area contributed by atoms with E-state index in [1.165, 1.54) is 6.07 Å². The van der Waals surface area contributed by atoms with Crippen molar-refractivity contribution in [1.82, 2.24) is 5.32 Å². The summed E-state index contributed by atoms with van der Waals surface area (Å²) in [5.74, 6) is -2.61. The maximum atomic E-state index is 13.6. The minimum absolute atomic E-state index is 0.000824. The fourth-order valence-electron chi connectivity index (χ4n) is 2.53. The van der Waals surface area contributed by atoms with Crippen LogP contribution < -0.4 is 10.1 Å². The molecule has 4 nitrogen and oxygen atoms in total. The molecule has 0 aromatic heterocycles. The van der Waals surface area contributed by atoms with E-state index in [2.05, 4.69) is 5.32 Å². The van der Waals surface area contributed by atoms with Crippen molar-refractivity contribution in [1.29, 1.82) is 0 Å². The highest BCUT2D eigenvalue weighted by Crippen LogP contribution is 2.42. The maximum absolute atomic E-state index is 13.6. The summed E-state index contributed by atoms with van der Waals surface area (Å²) in [6, 6.07) is 3.19. The first-order valence-corrected chi connectivity index (χ1v) is 7.10. The lowest BCUT2D eigenvalue weighted by Gasteiger charge is -2.31. The molecule has 0 heterocycles. The lowest BCUT2D eigenvalue weighted by atomic mass is 9.94. The zero-order chi connectivity index (χ0) is 15.0. The van der Waals surface area contributed by atoms with Gasteiger partial charge in [-0.05, 0) is 43.7 Å². The van der Waals surface area contributed by atoms with Crippen LogP contribution in [-0.4, -0.2) is 29.3 Å². The van der Waals surface area contributed by atoms with Gasteiger partial charge in [0.15, 0.2) is 17.1 Å². The van der Waals surface area contributed by atoms with E-state index < -0.39 is 23.1 Å². The van der Waals surface area contributed by atoms with Gasteiger partial charge in [-0.1, -0.05) is 0 Å². The van der Waals surface area contributed by atoms with Crippen molar-refractivity contribution in [2.24, 2.45) is 5.92 Å². The van der Waals surface area contributed by atoms with E-state index >= 15 is 0 Å². The van der Waals surface area contributed by atoms with Gasteiger partial charge in [-0.2, -0.15) is 0 Å². The Morgan fingerprint density at radius 2 is 2.05 bits per heavy atom. The van der Waals surface area contributed by atoms with Crippen LogP contribution in [0.4, 0.5) is 8.78 Å². The second kappa shape index (κ2) is 5.26. The van der Waals surface area contributed by atoms with Crippen LogP contribution in [0.5, 0.6) is 5.75 Å². The molecule has 1 unspecified atom stereocenters. The topological polar surface area (TPSA) is 58.6 Å². The van der Waals surface area contributed by atoms with Crippen LogP contribution in [-0.2, 0) is 4.79 Å². The van der Waals surface area contributed by atoms with Crippen LogP contribution in [0.25, 0.3) is 0 Å². The van der Waals surface area contributed by atoms with Crippen molar-refractivity contribution in [3.05, 3.63) is 29.8 Å². The monoisotopic (exact) mass is 297 g/mol. The second-order valence-corrected chi connectivity index (χ2v) is 5.83. The van der Waals surface area contributed by atoms with Gasteiger partial charge in [0, 0.05) is 12.1 Å². The van der Waals surface area contributed by atoms with Gasteiger partial charge in [-0.3, -0.25) is 10.1 Å². The molecule has 1 aromatic carbocycles. The molecule has 0 radical (unpaired) electrons. The quantitative estimate of drug-likeness (QED) is 0.811. The Kier molecular flexibility index (Phi) is 3.57. The minimum atomic E-state index is -1.18. The molecule has 3 rings (SSSR count). The Hall–Kier alpha value is -1.69. The van der Waals surface area contributed by atoms with Crippen LogP contribution in [0, 0.1) is 17.6 Å². The maximum Gasteiger partial charge on any atom is 0.327 e. The van der Waals surface area contributed by atoms with Gasteiger partial charge < -0.3 is 9.84 Å². The van der Waals surface area contributed by atoms with E-state index in [9.17, 15) is 18.7 Å². The molecule has 2 aliphatic rings. The molecule has 0 bridgehead atoms. The van der Waals surface area contributed by atoms with E-state index in [1.807, 2.05) is 0 Å². The fourth-order valence-corrected chi connectivity index (χ4v) is 2.53. The highest BCUT2D eigenvalue weighted by Gasteiger charge is 2.54. The highest BCUT2D eigenvalue weighted by atomic mass is 19.1. The van der Waals surface area contributed by atoms with Crippen molar-refractivity contribution < 1.29 is 23.4 Å². The summed E-state index contributed by atoms with van der Waals surface area (Å²) in [6.07, 6.45) is 3.54. The molecule has 2 aliphatic carbocycles. The van der Waals surface area contributed by atoms with Crippen molar-refractivity contribution in [3.8, 4) is 5.75 Å². The third-order valence-corrected chi connectivity index (χ3v) is 4.04. The van der Waals surface area contributed by atoms with Gasteiger partial charge in [-0.25, -0.2) is 8.78 Å². The van der Waals surface area contributed by atoms with E-state index in [1.54, 1.807) is 0 Å². The molecule has 114 valence electrons. The molecule has 0 amide bonds. The van der Waals surface area contributed by atoms with Crippen molar-refractivity contribution in [2.75, 3.05) is 6.61 Å². The largest absolute Gasteiger partial charge is 0.488 e. The Labute approximate surface area is 121 Å². The summed E-state index contributed by atoms with van der Waals surface area (Å²) in [4.78, 5) is 11.7. The number of aliphatic carboxylic acids is 1. The third-order valence-electron chi connectivity index (χ3n) is 4.04. The minimum Gasteiger partial charge on any atom is -0.488 e. The lowest BCUT2D eigenvalue weighted by Crippen LogP contribution is -2.59. The molecular formula is C15H17F2NO3. The molecule has 21 heavy (non-hydrogen) atoms. The van der Waals surface area contributed by atoms with Gasteiger partial charge in [0.1, 0.15) is 12.4 Å². The van der Waals surface area contributed by atoms with Gasteiger partial charge in [0.2, 0.25) is 0 Å². The molecule has 6 heteroatoms. The van der Waals surface area contributed by atoms with E-state index in [4.69, 9.17) is 4.74 Å². The average Bonchev–Trinajstić information content (AvgIpc) is 3.28. The standard InChI is InChI=1S/C15H17F2NO3/c16-10-3-6-13(12(17)7-10)21-8-15(14(19)20,9-1-2-9)18-11-4-5-11/h3,6-7,9,11,18H,1-2,4-5,8H2,(H,19,20). The SMILES string of the molecule is O=C(O)C(COc1ccc(F)cc1F)(NC1CC1)C1CC1. The predicted octanol–water partition coefficient (Wildman–Crippen LogP) is 2.33. The summed E-state index contributed by atoms with van der Waals surface area (Å²) in [5.41, 5.74) is -1.18. The van der Waals surface area contributed by atoms with E-state index in [0.717, 1.165) is 37.8 Å². The summed E-state index contributed by atoms with van der Waals surface area (Å²) in [5, 5.41) is 12.8. The number of ether oxygens (including phenoxy) is 1. The van der Waals surface area contributed by atoms with Crippen LogP contribution in [0.3, 0.4) is 0 Å². The molecule has 2 saturated carbocycles. The Morgan fingerprint density at radius 1 is 1.33 bits per heavy atom. The van der Waals surface area contributed by atoms with Gasteiger partial charge in [0.05, 0.1) is 0 Å². The molecule has 0 saturated heterocycles. The first-order valence-electron chi connectivity index (χ1n) is 7.10. The third kappa shape index (κ3) is 3.00. The van der Waals surface area contributed by atoms with E-state index in [0.29, 0.717) is 0 Å². The second-order valence-electron chi connectivity index (χ2n) is 5.83. The molecule has 0 spiro atoms. The molecule has 2 fully saturated rings. The molecular weight excluding hydrogens is 280 g/mol. The fraction of sp³-hybridized carbons (Fsp3) is 0.533. The van der Waals surface area contributed by atoms with Crippen LogP contribution in [0.1, 0.15) is 25.7 Å². The predicted molar refractivity (Wildman–Crippen MR) is 71.1 cm³/mol. The number of hydrogen-bond acceptors (Lipinski definition) is 3. The Morgan fingerprint density at radius 3 is 2.57 bits per heavy atom. The Bertz CT molecular complexity index is 558. The normalized spacial score (nSPS) is 20.9. The summed E-state index contributed by atoms with van der Waals surface area (Å²) >= 11 is 0. The number of halogens is 2. The van der Waals surface area contributed by atoms with Crippen molar-refractivity contribution in [3.63, 3.8) is 0 Å². The summed E-state index contributed by atoms with van der Waals surface area (Å²) in [6.45, 7) is -0.161.